The highest BCUT2D eigenvalue weighted by Crippen LogP contribution is 2.18. The van der Waals surface area contributed by atoms with Gasteiger partial charge in [0.1, 0.15) is 0 Å². The van der Waals surface area contributed by atoms with E-state index >= 15 is 0 Å². The number of fused-ring (bicyclic) bond motifs is 1. The van der Waals surface area contributed by atoms with Crippen LogP contribution in [-0.4, -0.2) is 48.0 Å². The number of nitrogens with zero attached hydrogens (tertiary/aromatic N) is 1. The highest BCUT2D eigenvalue weighted by Gasteiger charge is 2.16. The predicted octanol–water partition coefficient (Wildman–Crippen LogP) is 1.49. The Morgan fingerprint density at radius 3 is 2.82 bits per heavy atom. The van der Waals surface area contributed by atoms with Gasteiger partial charge in [0.25, 0.3) is 0 Å². The average molecular weight is 302 g/mol. The first kappa shape index (κ1) is 16.5. The fourth-order valence-corrected chi connectivity index (χ4v) is 2.37. The van der Waals surface area contributed by atoms with Gasteiger partial charge in [0, 0.05) is 36.2 Å². The van der Waals surface area contributed by atoms with Crippen molar-refractivity contribution in [2.24, 2.45) is 5.73 Å². The Bertz CT molecular complexity index is 620. The van der Waals surface area contributed by atoms with Crippen LogP contribution >= 0.6 is 0 Å². The van der Waals surface area contributed by atoms with Gasteiger partial charge in [0.15, 0.2) is 0 Å². The van der Waals surface area contributed by atoms with Crippen LogP contribution in [0.15, 0.2) is 30.5 Å². The quantitative estimate of drug-likeness (QED) is 0.725. The molecule has 0 radical (unpaired) electrons. The molecule has 1 aromatic heterocycles. The van der Waals surface area contributed by atoms with Crippen molar-refractivity contribution >= 4 is 16.8 Å². The molecule has 1 aromatic carbocycles. The van der Waals surface area contributed by atoms with Crippen LogP contribution in [-0.2, 0) is 11.2 Å². The predicted molar refractivity (Wildman–Crippen MR) is 90.8 cm³/mol. The molecular weight excluding hydrogens is 276 g/mol. The van der Waals surface area contributed by atoms with E-state index in [1.54, 1.807) is 0 Å². The number of H-pyrrole nitrogens is 1. The molecule has 0 saturated carbocycles. The van der Waals surface area contributed by atoms with Crippen molar-refractivity contribution in [3.63, 3.8) is 0 Å². The summed E-state index contributed by atoms with van der Waals surface area (Å²) >= 11 is 0. The van der Waals surface area contributed by atoms with Crippen LogP contribution in [0.4, 0.5) is 0 Å². The van der Waals surface area contributed by atoms with Crippen LogP contribution in [0.1, 0.15) is 19.4 Å². The largest absolute Gasteiger partial charge is 0.361 e. The first-order valence-electron chi connectivity index (χ1n) is 7.77. The third kappa shape index (κ3) is 4.08. The minimum atomic E-state index is -0.524. The van der Waals surface area contributed by atoms with Crippen molar-refractivity contribution in [1.29, 1.82) is 0 Å². The molecule has 1 amide bonds. The first-order valence-corrected chi connectivity index (χ1v) is 7.77. The van der Waals surface area contributed by atoms with E-state index in [1.165, 1.54) is 0 Å². The number of rotatable bonds is 7. The fraction of sp³-hybridized carbons (Fsp3) is 0.471. The summed E-state index contributed by atoms with van der Waals surface area (Å²) in [5.74, 6) is -0.0950. The van der Waals surface area contributed by atoms with Crippen LogP contribution < -0.4 is 11.1 Å². The van der Waals surface area contributed by atoms with Gasteiger partial charge in [0.05, 0.1) is 6.04 Å². The molecule has 4 N–H and O–H groups in total. The van der Waals surface area contributed by atoms with Gasteiger partial charge in [-0.15, -0.1) is 0 Å². The number of likely N-dealkylation sites (N-methyl/N-ethyl adjacent to an activating group) is 1. The van der Waals surface area contributed by atoms with Crippen molar-refractivity contribution in [2.45, 2.75) is 32.4 Å². The molecular formula is C17H26N4O. The monoisotopic (exact) mass is 302 g/mol. The lowest BCUT2D eigenvalue weighted by molar-refractivity contribution is -0.122. The third-order valence-corrected chi connectivity index (χ3v) is 4.10. The molecule has 0 unspecified atom stereocenters. The van der Waals surface area contributed by atoms with E-state index in [4.69, 9.17) is 5.73 Å². The van der Waals surface area contributed by atoms with Crippen LogP contribution in [0.2, 0.25) is 0 Å². The molecule has 0 aliphatic carbocycles. The molecule has 0 aliphatic heterocycles. The standard InChI is InChI=1S/C17H26N4O/c1-12(2)21(3)9-8-19-17(22)15(18)10-13-11-20-16-7-5-4-6-14(13)16/h4-7,11-12,15,20H,8-10,18H2,1-3H3,(H,19,22)/t15-/m0/s1. The highest BCUT2D eigenvalue weighted by atomic mass is 16.2. The zero-order valence-corrected chi connectivity index (χ0v) is 13.6. The van der Waals surface area contributed by atoms with Crippen molar-refractivity contribution in [3.8, 4) is 0 Å². The van der Waals surface area contributed by atoms with Gasteiger partial charge in [-0.05, 0) is 38.9 Å². The van der Waals surface area contributed by atoms with Gasteiger partial charge in [-0.3, -0.25) is 4.79 Å². The second-order valence-corrected chi connectivity index (χ2v) is 6.04. The Hall–Kier alpha value is -1.85. The summed E-state index contributed by atoms with van der Waals surface area (Å²) in [5, 5.41) is 4.04. The lowest BCUT2D eigenvalue weighted by Gasteiger charge is -2.21. The van der Waals surface area contributed by atoms with Gasteiger partial charge in [-0.1, -0.05) is 18.2 Å². The third-order valence-electron chi connectivity index (χ3n) is 4.10. The molecule has 0 saturated heterocycles. The number of aromatic amines is 1. The van der Waals surface area contributed by atoms with Gasteiger partial charge in [0.2, 0.25) is 5.91 Å². The van der Waals surface area contributed by atoms with Crippen LogP contribution in [0, 0.1) is 0 Å². The van der Waals surface area contributed by atoms with Crippen LogP contribution in [0.3, 0.4) is 0 Å². The number of nitrogens with one attached hydrogen (secondary N) is 2. The van der Waals surface area contributed by atoms with Gasteiger partial charge in [-0.2, -0.15) is 0 Å². The SMILES string of the molecule is CC(C)N(C)CCNC(=O)[C@@H](N)Cc1c[nH]c2ccccc12. The van der Waals surface area contributed by atoms with Crippen molar-refractivity contribution in [1.82, 2.24) is 15.2 Å². The molecule has 2 aromatic rings. The topological polar surface area (TPSA) is 74.2 Å². The number of amides is 1. The lowest BCUT2D eigenvalue weighted by atomic mass is 10.1. The van der Waals surface area contributed by atoms with Crippen molar-refractivity contribution < 1.29 is 4.79 Å². The van der Waals surface area contributed by atoms with Crippen LogP contribution in [0.25, 0.3) is 10.9 Å². The van der Waals surface area contributed by atoms with E-state index in [2.05, 4.69) is 29.0 Å². The Morgan fingerprint density at radius 1 is 1.36 bits per heavy atom. The van der Waals surface area contributed by atoms with E-state index in [1.807, 2.05) is 37.5 Å². The number of para-hydroxylation sites is 1. The number of carbonyl (C=O) groups is 1. The summed E-state index contributed by atoms with van der Waals surface area (Å²) in [4.78, 5) is 17.5. The molecule has 0 spiro atoms. The maximum atomic E-state index is 12.1. The van der Waals surface area contributed by atoms with Crippen molar-refractivity contribution in [3.05, 3.63) is 36.0 Å². The Morgan fingerprint density at radius 2 is 2.09 bits per heavy atom. The van der Waals surface area contributed by atoms with E-state index in [-0.39, 0.29) is 5.91 Å². The molecule has 5 heteroatoms. The van der Waals surface area contributed by atoms with E-state index in [9.17, 15) is 4.79 Å². The lowest BCUT2D eigenvalue weighted by Crippen LogP contribution is -2.44. The minimum absolute atomic E-state index is 0.0950. The second-order valence-electron chi connectivity index (χ2n) is 6.04. The van der Waals surface area contributed by atoms with Gasteiger partial charge >= 0.3 is 0 Å². The number of hydrogen-bond donors (Lipinski definition) is 3. The zero-order valence-electron chi connectivity index (χ0n) is 13.6. The fourth-order valence-electron chi connectivity index (χ4n) is 2.37. The summed E-state index contributed by atoms with van der Waals surface area (Å²) in [7, 11) is 2.04. The molecule has 22 heavy (non-hydrogen) atoms. The summed E-state index contributed by atoms with van der Waals surface area (Å²) in [6.45, 7) is 5.70. The second kappa shape index (κ2) is 7.42. The Kier molecular flexibility index (Phi) is 5.57. The smallest absolute Gasteiger partial charge is 0.237 e. The van der Waals surface area contributed by atoms with E-state index in [0.717, 1.165) is 23.0 Å². The molecule has 0 aliphatic rings. The van der Waals surface area contributed by atoms with Gasteiger partial charge < -0.3 is 20.9 Å². The number of carbonyl (C=O) groups excluding carboxylic acids is 1. The Labute approximate surface area is 131 Å². The highest BCUT2D eigenvalue weighted by molar-refractivity contribution is 5.86. The maximum Gasteiger partial charge on any atom is 0.237 e. The minimum Gasteiger partial charge on any atom is -0.361 e. The molecule has 2 rings (SSSR count). The number of benzene rings is 1. The molecule has 0 bridgehead atoms. The molecule has 1 atom stereocenters. The molecule has 5 nitrogen and oxygen atoms in total. The van der Waals surface area contributed by atoms with Crippen LogP contribution in [0.5, 0.6) is 0 Å². The molecule has 1 heterocycles. The maximum absolute atomic E-state index is 12.1. The Balaban J connectivity index is 1.86. The van der Waals surface area contributed by atoms with Crippen molar-refractivity contribution in [2.75, 3.05) is 20.1 Å². The summed E-state index contributed by atoms with van der Waals surface area (Å²) in [6.07, 6.45) is 2.47. The van der Waals surface area contributed by atoms with E-state index in [0.29, 0.717) is 19.0 Å². The summed E-state index contributed by atoms with van der Waals surface area (Å²) in [5.41, 5.74) is 8.19. The molecule has 0 fully saturated rings. The number of nitrogens with two attached hydrogens (primary N) is 1. The number of hydrogen-bond acceptors (Lipinski definition) is 3. The summed E-state index contributed by atoms with van der Waals surface area (Å²) in [6, 6.07) is 7.99. The normalized spacial score (nSPS) is 13.0. The molecule has 120 valence electrons. The first-order chi connectivity index (χ1) is 10.5. The zero-order chi connectivity index (χ0) is 16.1. The summed E-state index contributed by atoms with van der Waals surface area (Å²) < 4.78 is 0. The van der Waals surface area contributed by atoms with Gasteiger partial charge in [-0.25, -0.2) is 0 Å². The average Bonchev–Trinajstić information content (AvgIpc) is 2.90. The van der Waals surface area contributed by atoms with E-state index < -0.39 is 6.04 Å². The number of aromatic nitrogens is 1.